The fourth-order valence-corrected chi connectivity index (χ4v) is 2.55. The Morgan fingerprint density at radius 2 is 2.00 bits per heavy atom. The maximum atomic E-state index is 11.6. The van der Waals surface area contributed by atoms with Crippen LogP contribution in [0.25, 0.3) is 0 Å². The van der Waals surface area contributed by atoms with E-state index >= 15 is 0 Å². The van der Waals surface area contributed by atoms with Gasteiger partial charge in [0.1, 0.15) is 0 Å². The monoisotopic (exact) mass is 260 g/mol. The third-order valence-corrected chi connectivity index (χ3v) is 3.61. The lowest BCUT2D eigenvalue weighted by Gasteiger charge is -2.02. The number of nitrogens with zero attached hydrogens (tertiary/aromatic N) is 2. The molecule has 1 aliphatic rings. The van der Waals surface area contributed by atoms with E-state index in [9.17, 15) is 15.3 Å². The topological polar surface area (TPSA) is 73.9 Å². The van der Waals surface area contributed by atoms with Gasteiger partial charge in [-0.1, -0.05) is 29.8 Å². The second kappa shape index (κ2) is 4.33. The van der Waals surface area contributed by atoms with Gasteiger partial charge in [-0.25, -0.2) is 0 Å². The molecule has 0 aliphatic heterocycles. The molecular formula is C13H9ClN2O2. The molecule has 2 unspecified atom stereocenters. The fraction of sp³-hybridized carbons (Fsp3) is 0.308. The highest BCUT2D eigenvalue weighted by Gasteiger charge is 2.72. The average Bonchev–Trinajstić information content (AvgIpc) is 3.07. The van der Waals surface area contributed by atoms with Gasteiger partial charge in [-0.2, -0.15) is 10.5 Å². The molecule has 0 heterocycles. The van der Waals surface area contributed by atoms with E-state index < -0.39 is 23.2 Å². The quantitative estimate of drug-likeness (QED) is 0.765. The second-order valence-electron chi connectivity index (χ2n) is 4.09. The normalized spacial score (nSPS) is 23.6. The lowest BCUT2D eigenvalue weighted by atomic mass is 10.0. The van der Waals surface area contributed by atoms with Crippen molar-refractivity contribution in [2.45, 2.75) is 5.92 Å². The number of benzene rings is 1. The lowest BCUT2D eigenvalue weighted by molar-refractivity contribution is -0.142. The molecule has 0 radical (unpaired) electrons. The zero-order chi connectivity index (χ0) is 13.3. The Morgan fingerprint density at radius 3 is 2.50 bits per heavy atom. The lowest BCUT2D eigenvalue weighted by Crippen LogP contribution is -2.09. The predicted octanol–water partition coefficient (Wildman–Crippen LogP) is 2.26. The minimum absolute atomic E-state index is 0.448. The van der Waals surface area contributed by atoms with E-state index in [4.69, 9.17) is 11.6 Å². The van der Waals surface area contributed by atoms with Crippen LogP contribution in [-0.4, -0.2) is 13.1 Å². The van der Waals surface area contributed by atoms with Crippen LogP contribution in [0, 0.1) is 34.0 Å². The fourth-order valence-electron chi connectivity index (χ4n) is 2.29. The Kier molecular flexibility index (Phi) is 2.98. The number of carbonyl (C=O) groups is 1. The van der Waals surface area contributed by atoms with Crippen LogP contribution in [0.4, 0.5) is 0 Å². The number of carbonyl (C=O) groups excluding carboxylic acids is 1. The van der Waals surface area contributed by atoms with Crippen LogP contribution >= 0.6 is 11.6 Å². The molecule has 1 aromatic carbocycles. The minimum Gasteiger partial charge on any atom is -0.469 e. The highest BCUT2D eigenvalue weighted by molar-refractivity contribution is 6.31. The zero-order valence-corrected chi connectivity index (χ0v) is 10.3. The van der Waals surface area contributed by atoms with Crippen LogP contribution in [0.15, 0.2) is 24.3 Å². The van der Waals surface area contributed by atoms with Crippen molar-refractivity contribution in [2.24, 2.45) is 11.3 Å². The Morgan fingerprint density at radius 1 is 1.39 bits per heavy atom. The molecule has 0 aromatic heterocycles. The van der Waals surface area contributed by atoms with Gasteiger partial charge in [0.25, 0.3) is 0 Å². The molecule has 90 valence electrons. The van der Waals surface area contributed by atoms with Gasteiger partial charge in [0.2, 0.25) is 0 Å². The van der Waals surface area contributed by atoms with Gasteiger partial charge in [0.05, 0.1) is 25.2 Å². The van der Waals surface area contributed by atoms with E-state index in [0.717, 1.165) is 0 Å². The molecule has 1 aliphatic carbocycles. The summed E-state index contributed by atoms with van der Waals surface area (Å²) in [5.41, 5.74) is -0.726. The van der Waals surface area contributed by atoms with Gasteiger partial charge in [0.15, 0.2) is 5.41 Å². The first-order valence-corrected chi connectivity index (χ1v) is 5.65. The first-order valence-electron chi connectivity index (χ1n) is 5.27. The van der Waals surface area contributed by atoms with Gasteiger partial charge < -0.3 is 4.74 Å². The van der Waals surface area contributed by atoms with Gasteiger partial charge in [-0.05, 0) is 11.6 Å². The maximum Gasteiger partial charge on any atom is 0.312 e. The third-order valence-electron chi connectivity index (χ3n) is 3.27. The number of methoxy groups -OCH3 is 1. The summed E-state index contributed by atoms with van der Waals surface area (Å²) >= 11 is 6.04. The van der Waals surface area contributed by atoms with E-state index in [1.165, 1.54) is 7.11 Å². The van der Waals surface area contributed by atoms with E-state index in [1.54, 1.807) is 24.3 Å². The van der Waals surface area contributed by atoms with Crippen molar-refractivity contribution < 1.29 is 9.53 Å². The molecule has 0 amide bonds. The summed E-state index contributed by atoms with van der Waals surface area (Å²) in [5, 5.41) is 18.8. The molecule has 18 heavy (non-hydrogen) atoms. The number of rotatable bonds is 2. The van der Waals surface area contributed by atoms with Gasteiger partial charge in [-0.15, -0.1) is 0 Å². The van der Waals surface area contributed by atoms with Crippen LogP contribution < -0.4 is 0 Å². The molecule has 1 fully saturated rings. The molecular weight excluding hydrogens is 252 g/mol. The van der Waals surface area contributed by atoms with Crippen LogP contribution in [0.2, 0.25) is 5.02 Å². The molecule has 2 rings (SSSR count). The molecule has 0 saturated heterocycles. The van der Waals surface area contributed by atoms with Gasteiger partial charge in [0, 0.05) is 10.9 Å². The summed E-state index contributed by atoms with van der Waals surface area (Å²) in [6.07, 6.45) is 0. The van der Waals surface area contributed by atoms with Crippen molar-refractivity contribution in [1.29, 1.82) is 10.5 Å². The number of ether oxygens (including phenoxy) is 1. The van der Waals surface area contributed by atoms with E-state index in [2.05, 4.69) is 4.74 Å². The standard InChI is InChI=1S/C13H9ClN2O2/c1-18-12(17)11-10(13(11,6-15)7-16)8-4-2-3-5-9(8)14/h2-5,10-11H,1H3. The number of esters is 1. The van der Waals surface area contributed by atoms with Crippen molar-refractivity contribution in [3.05, 3.63) is 34.9 Å². The van der Waals surface area contributed by atoms with Crippen LogP contribution in [0.1, 0.15) is 11.5 Å². The Balaban J connectivity index is 2.47. The molecule has 2 atom stereocenters. The minimum atomic E-state index is -1.36. The van der Waals surface area contributed by atoms with E-state index in [1.807, 2.05) is 12.1 Å². The molecule has 1 saturated carbocycles. The Bertz CT molecular complexity index is 571. The maximum absolute atomic E-state index is 11.6. The Labute approximate surface area is 109 Å². The van der Waals surface area contributed by atoms with E-state index in [-0.39, 0.29) is 0 Å². The van der Waals surface area contributed by atoms with Crippen molar-refractivity contribution in [1.82, 2.24) is 0 Å². The molecule has 1 aromatic rings. The average molecular weight is 261 g/mol. The molecule has 0 spiro atoms. The highest BCUT2D eigenvalue weighted by atomic mass is 35.5. The molecule has 0 bridgehead atoms. The summed E-state index contributed by atoms with van der Waals surface area (Å²) in [5.74, 6) is -1.84. The summed E-state index contributed by atoms with van der Waals surface area (Å²) in [7, 11) is 1.24. The Hall–Kier alpha value is -2.04. The largest absolute Gasteiger partial charge is 0.469 e. The van der Waals surface area contributed by atoms with Crippen LogP contribution in [-0.2, 0) is 9.53 Å². The predicted molar refractivity (Wildman–Crippen MR) is 63.4 cm³/mol. The molecule has 4 nitrogen and oxygen atoms in total. The van der Waals surface area contributed by atoms with Crippen molar-refractivity contribution in [2.75, 3.05) is 7.11 Å². The number of nitriles is 2. The van der Waals surface area contributed by atoms with Crippen molar-refractivity contribution in [3.63, 3.8) is 0 Å². The summed E-state index contributed by atoms with van der Waals surface area (Å²) in [4.78, 5) is 11.6. The van der Waals surface area contributed by atoms with E-state index in [0.29, 0.717) is 10.6 Å². The highest BCUT2D eigenvalue weighted by Crippen LogP contribution is 2.65. The van der Waals surface area contributed by atoms with Gasteiger partial charge >= 0.3 is 5.97 Å². The number of hydrogen-bond acceptors (Lipinski definition) is 4. The van der Waals surface area contributed by atoms with Gasteiger partial charge in [-0.3, -0.25) is 4.79 Å². The smallest absolute Gasteiger partial charge is 0.312 e. The zero-order valence-electron chi connectivity index (χ0n) is 9.55. The second-order valence-corrected chi connectivity index (χ2v) is 4.50. The number of hydrogen-bond donors (Lipinski definition) is 0. The summed E-state index contributed by atoms with van der Waals surface area (Å²) < 4.78 is 4.64. The molecule has 0 N–H and O–H groups in total. The van der Waals surface area contributed by atoms with Crippen molar-refractivity contribution >= 4 is 17.6 Å². The number of halogens is 1. The first kappa shape index (κ1) is 12.4. The molecule has 5 heteroatoms. The van der Waals surface area contributed by atoms with Crippen molar-refractivity contribution in [3.8, 4) is 12.1 Å². The third kappa shape index (κ3) is 1.54. The van der Waals surface area contributed by atoms with Crippen LogP contribution in [0.5, 0.6) is 0 Å². The summed E-state index contributed by atoms with van der Waals surface area (Å²) in [6.45, 7) is 0. The van der Waals surface area contributed by atoms with Crippen LogP contribution in [0.3, 0.4) is 0 Å². The SMILES string of the molecule is COC(=O)C1C(c2ccccc2Cl)C1(C#N)C#N. The first-order chi connectivity index (χ1) is 8.62. The summed E-state index contributed by atoms with van der Waals surface area (Å²) in [6, 6.07) is 10.7.